The van der Waals surface area contributed by atoms with Gasteiger partial charge in [0.25, 0.3) is 0 Å². The van der Waals surface area contributed by atoms with Gasteiger partial charge >= 0.3 is 0 Å². The summed E-state index contributed by atoms with van der Waals surface area (Å²) >= 11 is 14.1. The molecule has 25 heavy (non-hydrogen) atoms. The largest absolute Gasteiger partial charge is 0.313 e. The first-order chi connectivity index (χ1) is 12.1. The molecule has 0 aliphatic carbocycles. The first kappa shape index (κ1) is 18.2. The van der Waals surface area contributed by atoms with E-state index in [2.05, 4.69) is 28.8 Å². The van der Waals surface area contributed by atoms with Crippen LogP contribution in [0.3, 0.4) is 0 Å². The second-order valence-electron chi connectivity index (χ2n) is 5.69. The molecule has 0 fully saturated rings. The first-order valence-electron chi connectivity index (χ1n) is 8.24. The summed E-state index contributed by atoms with van der Waals surface area (Å²) < 4.78 is 2.28. The molecule has 3 rings (SSSR count). The van der Waals surface area contributed by atoms with Gasteiger partial charge in [0.15, 0.2) is 4.80 Å². The lowest BCUT2D eigenvalue weighted by Crippen LogP contribution is -2.21. The van der Waals surface area contributed by atoms with Crippen molar-refractivity contribution < 1.29 is 0 Å². The van der Waals surface area contributed by atoms with Crippen molar-refractivity contribution in [1.29, 1.82) is 0 Å². The maximum Gasteiger partial charge on any atom is 0.190 e. The van der Waals surface area contributed by atoms with Crippen LogP contribution in [0.15, 0.2) is 53.1 Å². The molecule has 1 aromatic carbocycles. The lowest BCUT2D eigenvalue weighted by Gasteiger charge is -2.19. The van der Waals surface area contributed by atoms with E-state index in [1.165, 1.54) is 0 Å². The lowest BCUT2D eigenvalue weighted by atomic mass is 10.1. The molecule has 0 atom stereocenters. The minimum absolute atomic E-state index is 0.350. The summed E-state index contributed by atoms with van der Waals surface area (Å²) in [6.07, 6.45) is 5.56. The van der Waals surface area contributed by atoms with Gasteiger partial charge in [-0.2, -0.15) is 0 Å². The highest BCUT2D eigenvalue weighted by atomic mass is 35.5. The van der Waals surface area contributed by atoms with Crippen LogP contribution in [0.25, 0.3) is 11.3 Å². The van der Waals surface area contributed by atoms with Gasteiger partial charge in [0.2, 0.25) is 0 Å². The van der Waals surface area contributed by atoms with Crippen LogP contribution in [0, 0.1) is 0 Å². The van der Waals surface area contributed by atoms with Gasteiger partial charge in [0, 0.05) is 28.2 Å². The average molecular weight is 392 g/mol. The third-order valence-corrected chi connectivity index (χ3v) is 5.51. The van der Waals surface area contributed by atoms with Crippen molar-refractivity contribution in [2.45, 2.75) is 32.7 Å². The smallest absolute Gasteiger partial charge is 0.190 e. The summed E-state index contributed by atoms with van der Waals surface area (Å²) in [5, 5.41) is 3.40. The molecular weight excluding hydrogens is 373 g/mol. The van der Waals surface area contributed by atoms with Crippen molar-refractivity contribution in [2.75, 3.05) is 0 Å². The molecule has 0 bridgehead atoms. The number of hydrogen-bond acceptors (Lipinski definition) is 3. The van der Waals surface area contributed by atoms with E-state index in [-0.39, 0.29) is 0 Å². The molecule has 0 spiro atoms. The van der Waals surface area contributed by atoms with Crippen LogP contribution in [-0.4, -0.2) is 9.55 Å². The fourth-order valence-corrected chi connectivity index (χ4v) is 4.31. The molecular formula is C19H19Cl2N3S. The Kier molecular flexibility index (Phi) is 5.94. The SMILES string of the molecule is CCC(CC)n1c(-c2ccc(Cl)cc2Cl)csc1=Nc1cccnc1. The Morgan fingerprint density at radius 3 is 2.64 bits per heavy atom. The van der Waals surface area contributed by atoms with Crippen molar-refractivity contribution >= 4 is 40.2 Å². The zero-order valence-electron chi connectivity index (χ0n) is 14.1. The Morgan fingerprint density at radius 2 is 2.00 bits per heavy atom. The minimum atomic E-state index is 0.350. The summed E-state index contributed by atoms with van der Waals surface area (Å²) in [5.74, 6) is 0. The van der Waals surface area contributed by atoms with Gasteiger partial charge in [-0.15, -0.1) is 11.3 Å². The van der Waals surface area contributed by atoms with Crippen LogP contribution in [0.2, 0.25) is 10.0 Å². The van der Waals surface area contributed by atoms with E-state index in [1.807, 2.05) is 24.3 Å². The van der Waals surface area contributed by atoms with Gasteiger partial charge in [0.05, 0.1) is 22.6 Å². The molecule has 0 radical (unpaired) electrons. The van der Waals surface area contributed by atoms with Crippen LogP contribution >= 0.6 is 34.5 Å². The van der Waals surface area contributed by atoms with Crippen molar-refractivity contribution in [2.24, 2.45) is 4.99 Å². The molecule has 0 saturated heterocycles. The topological polar surface area (TPSA) is 30.2 Å². The number of pyridine rings is 1. The summed E-state index contributed by atoms with van der Waals surface area (Å²) in [6.45, 7) is 4.39. The van der Waals surface area contributed by atoms with Gasteiger partial charge < -0.3 is 4.57 Å². The third kappa shape index (κ3) is 3.97. The highest BCUT2D eigenvalue weighted by Crippen LogP contribution is 2.33. The Balaban J connectivity index is 2.22. The lowest BCUT2D eigenvalue weighted by molar-refractivity contribution is 0.466. The molecule has 3 nitrogen and oxygen atoms in total. The van der Waals surface area contributed by atoms with Crippen molar-refractivity contribution in [3.05, 3.63) is 63.0 Å². The van der Waals surface area contributed by atoms with Gasteiger partial charge in [0.1, 0.15) is 0 Å². The van der Waals surface area contributed by atoms with Gasteiger partial charge in [-0.3, -0.25) is 4.98 Å². The highest BCUT2D eigenvalue weighted by Gasteiger charge is 2.17. The second-order valence-corrected chi connectivity index (χ2v) is 7.37. The number of aromatic nitrogens is 2. The van der Waals surface area contributed by atoms with Gasteiger partial charge in [-0.25, -0.2) is 4.99 Å². The molecule has 0 N–H and O–H groups in total. The zero-order valence-corrected chi connectivity index (χ0v) is 16.4. The van der Waals surface area contributed by atoms with Crippen LogP contribution in [0.1, 0.15) is 32.7 Å². The fraction of sp³-hybridized carbons (Fsp3) is 0.263. The van der Waals surface area contributed by atoms with E-state index in [0.29, 0.717) is 16.1 Å². The fourth-order valence-electron chi connectivity index (χ4n) is 2.83. The Labute approximate surface area is 161 Å². The quantitative estimate of drug-likeness (QED) is 0.487. The first-order valence-corrected chi connectivity index (χ1v) is 9.87. The van der Waals surface area contributed by atoms with E-state index >= 15 is 0 Å². The van der Waals surface area contributed by atoms with Crippen molar-refractivity contribution in [3.8, 4) is 11.3 Å². The summed E-state index contributed by atoms with van der Waals surface area (Å²) in [4.78, 5) is 9.90. The number of hydrogen-bond donors (Lipinski definition) is 0. The number of benzene rings is 1. The van der Waals surface area contributed by atoms with Crippen molar-refractivity contribution in [1.82, 2.24) is 9.55 Å². The van der Waals surface area contributed by atoms with Crippen LogP contribution in [0.5, 0.6) is 0 Å². The Hall–Kier alpha value is -1.62. The molecule has 6 heteroatoms. The van der Waals surface area contributed by atoms with Gasteiger partial charge in [-0.1, -0.05) is 37.0 Å². The highest BCUT2D eigenvalue weighted by molar-refractivity contribution is 7.07. The summed E-state index contributed by atoms with van der Waals surface area (Å²) in [7, 11) is 0. The summed E-state index contributed by atoms with van der Waals surface area (Å²) in [6, 6.07) is 9.83. The molecule has 130 valence electrons. The molecule has 3 aromatic rings. The second kappa shape index (κ2) is 8.17. The van der Waals surface area contributed by atoms with E-state index in [0.717, 1.165) is 34.6 Å². The van der Waals surface area contributed by atoms with Gasteiger partial charge in [-0.05, 0) is 43.2 Å². The van der Waals surface area contributed by atoms with E-state index < -0.39 is 0 Å². The standard InChI is InChI=1S/C19H19Cl2N3S/c1-3-15(4-2)24-18(16-8-7-13(20)10-17(16)21)12-25-19(24)23-14-6-5-9-22-11-14/h5-12,15H,3-4H2,1-2H3. The minimum Gasteiger partial charge on any atom is -0.313 e. The number of halogens is 2. The number of thiazole rings is 1. The molecule has 0 saturated carbocycles. The predicted octanol–water partition coefficient (Wildman–Crippen LogP) is 6.51. The molecule has 0 aliphatic rings. The number of nitrogens with zero attached hydrogens (tertiary/aromatic N) is 3. The maximum absolute atomic E-state index is 6.46. The predicted molar refractivity (Wildman–Crippen MR) is 107 cm³/mol. The zero-order chi connectivity index (χ0) is 17.8. The molecule has 0 amide bonds. The maximum atomic E-state index is 6.46. The van der Waals surface area contributed by atoms with Crippen LogP contribution in [-0.2, 0) is 0 Å². The number of rotatable bonds is 5. The third-order valence-electron chi connectivity index (χ3n) is 4.13. The molecule has 0 aliphatic heterocycles. The Morgan fingerprint density at radius 1 is 1.20 bits per heavy atom. The molecule has 2 aromatic heterocycles. The van der Waals surface area contributed by atoms with Crippen LogP contribution in [0.4, 0.5) is 5.69 Å². The Bertz CT molecular complexity index is 912. The van der Waals surface area contributed by atoms with Crippen LogP contribution < -0.4 is 4.80 Å². The van der Waals surface area contributed by atoms with E-state index in [9.17, 15) is 0 Å². The molecule has 2 heterocycles. The average Bonchev–Trinajstić information content (AvgIpc) is 3.00. The molecule has 0 unspecified atom stereocenters. The van der Waals surface area contributed by atoms with Crippen molar-refractivity contribution in [3.63, 3.8) is 0 Å². The van der Waals surface area contributed by atoms with E-state index in [4.69, 9.17) is 28.2 Å². The summed E-state index contributed by atoms with van der Waals surface area (Å²) in [5.41, 5.74) is 2.89. The normalized spacial score (nSPS) is 12.1. The monoisotopic (exact) mass is 391 g/mol. The van der Waals surface area contributed by atoms with E-state index in [1.54, 1.807) is 29.8 Å².